The average molecular weight is 562 g/mol. The Morgan fingerprint density at radius 2 is 1.82 bits per heavy atom. The van der Waals surface area contributed by atoms with E-state index in [9.17, 15) is 14.7 Å². The third-order valence-electron chi connectivity index (χ3n) is 8.56. The number of piperidine rings is 1. The number of aromatic nitrogens is 1. The molecule has 3 fully saturated rings. The minimum atomic E-state index is -0.651. The summed E-state index contributed by atoms with van der Waals surface area (Å²) in [4.78, 5) is 33.7. The highest BCUT2D eigenvalue weighted by atomic mass is 32.1. The molecule has 40 heavy (non-hydrogen) atoms. The molecule has 1 aliphatic carbocycles. The molecular formula is C31H35N3O5S. The molecule has 2 saturated heterocycles. The number of amides is 1. The van der Waals surface area contributed by atoms with E-state index in [1.807, 2.05) is 42.2 Å². The van der Waals surface area contributed by atoms with Gasteiger partial charge in [0.1, 0.15) is 12.4 Å². The number of hydrogen-bond acceptors (Lipinski definition) is 7. The molecule has 210 valence electrons. The predicted octanol–water partition coefficient (Wildman–Crippen LogP) is 5.03. The molecule has 3 aromatic rings. The van der Waals surface area contributed by atoms with Gasteiger partial charge in [-0.15, -0.1) is 11.3 Å². The number of hydrogen-bond donors (Lipinski definition) is 1. The number of morpholine rings is 1. The maximum absolute atomic E-state index is 12.9. The van der Waals surface area contributed by atoms with Crippen LogP contribution < -0.4 is 9.64 Å². The summed E-state index contributed by atoms with van der Waals surface area (Å²) < 4.78 is 11.7. The van der Waals surface area contributed by atoms with Crippen molar-refractivity contribution in [3.8, 4) is 17.0 Å². The fourth-order valence-corrected chi connectivity index (χ4v) is 7.23. The Morgan fingerprint density at radius 3 is 2.52 bits per heavy atom. The minimum absolute atomic E-state index is 0.0409. The van der Waals surface area contributed by atoms with Crippen LogP contribution in [-0.4, -0.2) is 66.3 Å². The Bertz CT molecular complexity index is 1400. The molecule has 3 aliphatic rings. The predicted molar refractivity (Wildman–Crippen MR) is 154 cm³/mol. The molecular weight excluding hydrogens is 526 g/mol. The summed E-state index contributed by atoms with van der Waals surface area (Å²) in [6.45, 7) is 8.37. The van der Waals surface area contributed by atoms with E-state index in [1.165, 1.54) is 0 Å². The molecule has 2 bridgehead atoms. The summed E-state index contributed by atoms with van der Waals surface area (Å²) in [6, 6.07) is 11.9. The number of carbonyl (C=O) groups excluding carboxylic acids is 1. The number of thiazole rings is 1. The van der Waals surface area contributed by atoms with Gasteiger partial charge in [-0.25, -0.2) is 4.98 Å². The summed E-state index contributed by atoms with van der Waals surface area (Å²) in [5.41, 5.74) is 5.68. The van der Waals surface area contributed by atoms with E-state index >= 15 is 0 Å². The molecule has 0 radical (unpaired) electrons. The summed E-state index contributed by atoms with van der Waals surface area (Å²) in [5, 5.41) is 12.7. The largest absolute Gasteiger partial charge is 0.488 e. The van der Waals surface area contributed by atoms with Gasteiger partial charge in [-0.2, -0.15) is 0 Å². The Labute approximate surface area is 238 Å². The van der Waals surface area contributed by atoms with Crippen molar-refractivity contribution < 1.29 is 24.2 Å². The number of carboxylic acid groups (broad SMARTS) is 1. The van der Waals surface area contributed by atoms with E-state index in [0.29, 0.717) is 38.5 Å². The van der Waals surface area contributed by atoms with Crippen molar-refractivity contribution in [1.82, 2.24) is 9.88 Å². The van der Waals surface area contributed by atoms with E-state index in [-0.39, 0.29) is 23.7 Å². The number of nitrogens with zero attached hydrogens (tertiary/aromatic N) is 3. The lowest BCUT2D eigenvalue weighted by molar-refractivity contribution is -0.144. The fraction of sp³-hybridized carbons (Fsp3) is 0.452. The number of ether oxygens (including phenoxy) is 2. The third-order valence-corrected chi connectivity index (χ3v) is 9.46. The van der Waals surface area contributed by atoms with Gasteiger partial charge in [0.25, 0.3) is 5.91 Å². The lowest BCUT2D eigenvalue weighted by atomic mass is 9.85. The number of carboxylic acids is 1. The zero-order valence-electron chi connectivity index (χ0n) is 23.0. The van der Waals surface area contributed by atoms with E-state index < -0.39 is 5.97 Å². The van der Waals surface area contributed by atoms with Gasteiger partial charge in [-0.05, 0) is 73.9 Å². The number of aliphatic carboxylic acids is 1. The molecule has 1 aromatic heterocycles. The summed E-state index contributed by atoms with van der Waals surface area (Å²) >= 11 is 1.61. The van der Waals surface area contributed by atoms with Crippen LogP contribution in [0.2, 0.25) is 0 Å². The van der Waals surface area contributed by atoms with Gasteiger partial charge in [-0.1, -0.05) is 17.7 Å². The van der Waals surface area contributed by atoms with Crippen LogP contribution >= 0.6 is 11.3 Å². The second-order valence-corrected chi connectivity index (χ2v) is 12.1. The van der Waals surface area contributed by atoms with Crippen molar-refractivity contribution >= 4 is 28.3 Å². The highest BCUT2D eigenvalue weighted by Gasteiger charge is 2.46. The molecule has 6 rings (SSSR count). The molecule has 1 saturated carbocycles. The van der Waals surface area contributed by atoms with Gasteiger partial charge in [-0.3, -0.25) is 9.59 Å². The minimum Gasteiger partial charge on any atom is -0.488 e. The molecule has 1 N–H and O–H groups in total. The first-order valence-corrected chi connectivity index (χ1v) is 14.9. The summed E-state index contributed by atoms with van der Waals surface area (Å²) in [6.07, 6.45) is 1.96. The first kappa shape index (κ1) is 26.8. The number of aryl methyl sites for hydroxylation is 2. The van der Waals surface area contributed by atoms with Crippen LogP contribution in [0.25, 0.3) is 11.3 Å². The molecule has 2 aliphatic heterocycles. The van der Waals surface area contributed by atoms with E-state index in [2.05, 4.69) is 23.3 Å². The van der Waals surface area contributed by atoms with E-state index in [0.717, 1.165) is 64.8 Å². The number of anilines is 1. The molecule has 8 nitrogen and oxygen atoms in total. The quantitative estimate of drug-likeness (QED) is 0.433. The average Bonchev–Trinajstić information content (AvgIpc) is 3.55. The van der Waals surface area contributed by atoms with Crippen LogP contribution in [0.3, 0.4) is 0 Å². The lowest BCUT2D eigenvalue weighted by Crippen LogP contribution is -2.44. The summed E-state index contributed by atoms with van der Waals surface area (Å²) in [7, 11) is 0. The molecule has 2 atom stereocenters. The van der Waals surface area contributed by atoms with E-state index in [4.69, 9.17) is 14.5 Å². The Morgan fingerprint density at radius 1 is 1.07 bits per heavy atom. The zero-order chi connectivity index (χ0) is 27.8. The highest BCUT2D eigenvalue weighted by molar-refractivity contribution is 7.14. The second-order valence-electron chi connectivity index (χ2n) is 11.2. The molecule has 9 heteroatoms. The van der Waals surface area contributed by atoms with Gasteiger partial charge in [0.05, 0.1) is 24.8 Å². The van der Waals surface area contributed by atoms with Crippen molar-refractivity contribution in [3.63, 3.8) is 0 Å². The maximum Gasteiger partial charge on any atom is 0.307 e. The molecule has 3 heterocycles. The van der Waals surface area contributed by atoms with Crippen molar-refractivity contribution in [2.45, 2.75) is 33.3 Å². The Kier molecular flexibility index (Phi) is 7.51. The van der Waals surface area contributed by atoms with Gasteiger partial charge >= 0.3 is 5.97 Å². The smallest absolute Gasteiger partial charge is 0.307 e. The SMILES string of the molecule is Cc1ccc(OCc2ccc(C(=O)N3CCOCC3)cc2C)c(-c2csc(N3CC4CCC(C3)C4C(=O)O)n2)c1. The second kappa shape index (κ2) is 11.2. The number of benzene rings is 2. The first-order valence-electron chi connectivity index (χ1n) is 14.0. The number of fused-ring (bicyclic) bond motifs is 2. The normalized spacial score (nSPS) is 22.4. The van der Waals surface area contributed by atoms with Gasteiger partial charge in [0, 0.05) is 42.7 Å². The molecule has 1 amide bonds. The maximum atomic E-state index is 12.9. The van der Waals surface area contributed by atoms with Crippen LogP contribution in [0.1, 0.15) is 39.9 Å². The topological polar surface area (TPSA) is 92.2 Å². The standard InChI is InChI=1S/C31H35N3O5S/c1-19-3-8-27(39-17-24-7-4-21(14-20(24)2)29(35)33-9-11-38-12-10-33)25(13-19)26-18-40-31(32-26)34-15-22-5-6-23(16-34)28(22)30(36)37/h3-4,7-8,13-14,18,22-23,28H,5-6,9-12,15-17H2,1-2H3,(H,36,37). The molecule has 2 unspecified atom stereocenters. The lowest BCUT2D eigenvalue weighted by Gasteiger charge is -2.35. The van der Waals surface area contributed by atoms with Gasteiger partial charge in [0.15, 0.2) is 5.13 Å². The van der Waals surface area contributed by atoms with Crippen molar-refractivity contribution in [2.24, 2.45) is 17.8 Å². The fourth-order valence-electron chi connectivity index (χ4n) is 6.38. The van der Waals surface area contributed by atoms with Crippen LogP contribution in [0, 0.1) is 31.6 Å². The van der Waals surface area contributed by atoms with E-state index in [1.54, 1.807) is 11.3 Å². The first-order chi connectivity index (χ1) is 19.4. The Balaban J connectivity index is 1.16. The third kappa shape index (κ3) is 5.32. The van der Waals surface area contributed by atoms with Gasteiger partial charge < -0.3 is 24.4 Å². The van der Waals surface area contributed by atoms with Gasteiger partial charge in [0.2, 0.25) is 0 Å². The van der Waals surface area contributed by atoms with Crippen LogP contribution in [-0.2, 0) is 16.1 Å². The monoisotopic (exact) mass is 561 g/mol. The Hall–Kier alpha value is -3.43. The summed E-state index contributed by atoms with van der Waals surface area (Å²) in [5.74, 6) is 0.323. The van der Waals surface area contributed by atoms with Crippen LogP contribution in [0.15, 0.2) is 41.8 Å². The molecule has 0 spiro atoms. The highest BCUT2D eigenvalue weighted by Crippen LogP contribution is 2.44. The van der Waals surface area contributed by atoms with Crippen molar-refractivity contribution in [2.75, 3.05) is 44.3 Å². The van der Waals surface area contributed by atoms with Crippen LogP contribution in [0.5, 0.6) is 5.75 Å². The number of carbonyl (C=O) groups is 2. The molecule has 2 aromatic carbocycles. The number of rotatable bonds is 7. The zero-order valence-corrected chi connectivity index (χ0v) is 23.8. The van der Waals surface area contributed by atoms with Crippen molar-refractivity contribution in [3.05, 3.63) is 64.0 Å². The van der Waals surface area contributed by atoms with Crippen LogP contribution in [0.4, 0.5) is 5.13 Å². The van der Waals surface area contributed by atoms with Crippen molar-refractivity contribution in [1.29, 1.82) is 0 Å².